The van der Waals surface area contributed by atoms with E-state index >= 15 is 0 Å². The van der Waals surface area contributed by atoms with Crippen molar-refractivity contribution in [1.29, 1.82) is 0 Å². The zero-order valence-electron chi connectivity index (χ0n) is 15.3. The molecule has 0 radical (unpaired) electrons. The Morgan fingerprint density at radius 3 is 2.92 bits per heavy atom. The molecule has 1 amide bonds. The summed E-state index contributed by atoms with van der Waals surface area (Å²) >= 11 is 0. The maximum Gasteiger partial charge on any atom is 0.223 e. The van der Waals surface area contributed by atoms with Gasteiger partial charge >= 0.3 is 0 Å². The van der Waals surface area contributed by atoms with E-state index in [0.29, 0.717) is 26.0 Å². The van der Waals surface area contributed by atoms with Crippen molar-refractivity contribution < 1.29 is 14.6 Å². The van der Waals surface area contributed by atoms with Gasteiger partial charge in [-0.05, 0) is 31.4 Å². The zero-order chi connectivity index (χ0) is 18.5. The molecule has 0 bridgehead atoms. The molecule has 1 aliphatic carbocycles. The second-order valence-electron chi connectivity index (χ2n) is 6.96. The Morgan fingerprint density at radius 1 is 1.38 bits per heavy atom. The van der Waals surface area contributed by atoms with Gasteiger partial charge in [0.25, 0.3) is 0 Å². The smallest absolute Gasteiger partial charge is 0.223 e. The lowest BCUT2D eigenvalue weighted by Crippen LogP contribution is -2.33. The SMILES string of the molecule is Cc1ccccc1OCCC(=O)NC[C@H]1C[C@H](c2nncn2C)C[C@H]1O. The van der Waals surface area contributed by atoms with Gasteiger partial charge in [0.1, 0.15) is 17.9 Å². The molecule has 0 spiro atoms. The molecule has 7 heteroatoms. The molecule has 0 aliphatic heterocycles. The minimum atomic E-state index is -0.430. The number of aromatic nitrogens is 3. The first kappa shape index (κ1) is 18.4. The van der Waals surface area contributed by atoms with Crippen molar-refractivity contribution in [2.45, 2.75) is 38.2 Å². The molecular weight excluding hydrogens is 332 g/mol. The highest BCUT2D eigenvalue weighted by molar-refractivity contribution is 5.76. The van der Waals surface area contributed by atoms with Gasteiger partial charge in [0.2, 0.25) is 5.91 Å². The molecule has 1 aromatic heterocycles. The highest BCUT2D eigenvalue weighted by atomic mass is 16.5. The van der Waals surface area contributed by atoms with E-state index in [1.165, 1.54) is 0 Å². The van der Waals surface area contributed by atoms with Crippen LogP contribution in [0.2, 0.25) is 0 Å². The van der Waals surface area contributed by atoms with Crippen molar-refractivity contribution >= 4 is 5.91 Å². The van der Waals surface area contributed by atoms with Crippen LogP contribution in [-0.4, -0.2) is 45.0 Å². The van der Waals surface area contributed by atoms with Crippen LogP contribution in [0.3, 0.4) is 0 Å². The molecule has 1 fully saturated rings. The van der Waals surface area contributed by atoms with Crippen LogP contribution in [0.15, 0.2) is 30.6 Å². The molecule has 1 aliphatic rings. The van der Waals surface area contributed by atoms with E-state index in [0.717, 1.165) is 23.6 Å². The van der Waals surface area contributed by atoms with E-state index in [1.54, 1.807) is 6.33 Å². The molecule has 0 saturated heterocycles. The summed E-state index contributed by atoms with van der Waals surface area (Å²) in [5.74, 6) is 1.86. The van der Waals surface area contributed by atoms with Crippen molar-refractivity contribution in [1.82, 2.24) is 20.1 Å². The summed E-state index contributed by atoms with van der Waals surface area (Å²) in [5.41, 5.74) is 1.05. The van der Waals surface area contributed by atoms with Crippen LogP contribution in [0, 0.1) is 12.8 Å². The summed E-state index contributed by atoms with van der Waals surface area (Å²) in [7, 11) is 1.91. The summed E-state index contributed by atoms with van der Waals surface area (Å²) in [5, 5.41) is 21.2. The molecule has 1 aromatic carbocycles. The minimum absolute atomic E-state index is 0.0398. The van der Waals surface area contributed by atoms with E-state index in [9.17, 15) is 9.90 Å². The molecular formula is C19H26N4O3. The van der Waals surface area contributed by atoms with Crippen molar-refractivity contribution in [2.75, 3.05) is 13.2 Å². The average Bonchev–Trinajstić information content (AvgIpc) is 3.20. The highest BCUT2D eigenvalue weighted by Gasteiger charge is 2.35. The van der Waals surface area contributed by atoms with Gasteiger partial charge in [-0.3, -0.25) is 4.79 Å². The Kier molecular flexibility index (Phi) is 5.88. The number of benzene rings is 1. The number of nitrogens with one attached hydrogen (secondary N) is 1. The number of nitrogens with zero attached hydrogens (tertiary/aromatic N) is 3. The Hall–Kier alpha value is -2.41. The van der Waals surface area contributed by atoms with Crippen LogP contribution in [0.1, 0.15) is 36.6 Å². The number of para-hydroxylation sites is 1. The summed E-state index contributed by atoms with van der Waals surface area (Å²) in [6.07, 6.45) is 2.99. The highest BCUT2D eigenvalue weighted by Crippen LogP contribution is 2.37. The minimum Gasteiger partial charge on any atom is -0.493 e. The van der Waals surface area contributed by atoms with E-state index in [2.05, 4.69) is 15.5 Å². The molecule has 0 unspecified atom stereocenters. The number of amides is 1. The number of carbonyl (C=O) groups excluding carboxylic acids is 1. The monoisotopic (exact) mass is 358 g/mol. The fourth-order valence-corrected chi connectivity index (χ4v) is 3.50. The third-order valence-electron chi connectivity index (χ3n) is 5.01. The Balaban J connectivity index is 1.40. The van der Waals surface area contributed by atoms with Crippen LogP contribution >= 0.6 is 0 Å². The van der Waals surface area contributed by atoms with Crippen LogP contribution in [-0.2, 0) is 11.8 Å². The molecule has 2 N–H and O–H groups in total. The lowest BCUT2D eigenvalue weighted by Gasteiger charge is -2.15. The van der Waals surface area contributed by atoms with Crippen LogP contribution in [0.5, 0.6) is 5.75 Å². The van der Waals surface area contributed by atoms with Crippen LogP contribution < -0.4 is 10.1 Å². The molecule has 2 aromatic rings. The first-order valence-electron chi connectivity index (χ1n) is 9.01. The number of hydrogen-bond acceptors (Lipinski definition) is 5. The van der Waals surface area contributed by atoms with Gasteiger partial charge in [-0.2, -0.15) is 0 Å². The topological polar surface area (TPSA) is 89.3 Å². The van der Waals surface area contributed by atoms with E-state index in [4.69, 9.17) is 4.74 Å². The number of aryl methyl sites for hydroxylation is 2. The second-order valence-corrected chi connectivity index (χ2v) is 6.96. The lowest BCUT2D eigenvalue weighted by molar-refractivity contribution is -0.121. The fourth-order valence-electron chi connectivity index (χ4n) is 3.50. The number of aliphatic hydroxyl groups is 1. The molecule has 26 heavy (non-hydrogen) atoms. The molecule has 140 valence electrons. The van der Waals surface area contributed by atoms with E-state index < -0.39 is 6.10 Å². The van der Waals surface area contributed by atoms with Gasteiger partial charge in [0.15, 0.2) is 0 Å². The Labute approximate surface area is 153 Å². The summed E-state index contributed by atoms with van der Waals surface area (Å²) in [6.45, 7) is 2.79. The quantitative estimate of drug-likeness (QED) is 0.784. The van der Waals surface area contributed by atoms with Crippen molar-refractivity contribution in [2.24, 2.45) is 13.0 Å². The summed E-state index contributed by atoms with van der Waals surface area (Å²) < 4.78 is 7.54. The number of carbonyl (C=O) groups is 1. The van der Waals surface area contributed by atoms with Crippen molar-refractivity contribution in [3.05, 3.63) is 42.0 Å². The standard InChI is InChI=1S/C19H26N4O3/c1-13-5-3-4-6-17(13)26-8-7-18(25)20-11-15-9-14(10-16(15)24)19-22-21-12-23(19)2/h3-6,12,14-16,24H,7-11H2,1-2H3,(H,20,25)/t14-,15+,16+/m0/s1. The molecule has 3 rings (SSSR count). The lowest BCUT2D eigenvalue weighted by atomic mass is 10.0. The average molecular weight is 358 g/mol. The molecule has 1 saturated carbocycles. The van der Waals surface area contributed by atoms with Gasteiger partial charge in [-0.25, -0.2) is 0 Å². The van der Waals surface area contributed by atoms with Gasteiger partial charge in [0, 0.05) is 25.4 Å². The van der Waals surface area contributed by atoms with Crippen LogP contribution in [0.25, 0.3) is 0 Å². The van der Waals surface area contributed by atoms with Gasteiger partial charge in [-0.15, -0.1) is 10.2 Å². The van der Waals surface area contributed by atoms with Crippen LogP contribution in [0.4, 0.5) is 0 Å². The normalized spacial score (nSPS) is 22.3. The maximum atomic E-state index is 12.0. The van der Waals surface area contributed by atoms with Gasteiger partial charge in [0.05, 0.1) is 19.1 Å². The molecule has 3 atom stereocenters. The zero-order valence-corrected chi connectivity index (χ0v) is 15.3. The second kappa shape index (κ2) is 8.31. The fraction of sp³-hybridized carbons (Fsp3) is 0.526. The van der Waals surface area contributed by atoms with Gasteiger partial charge < -0.3 is 19.7 Å². The van der Waals surface area contributed by atoms with E-state index in [1.807, 2.05) is 42.8 Å². The van der Waals surface area contributed by atoms with Crippen molar-refractivity contribution in [3.63, 3.8) is 0 Å². The predicted molar refractivity (Wildman–Crippen MR) is 96.8 cm³/mol. The number of aliphatic hydroxyl groups excluding tert-OH is 1. The number of ether oxygens (including phenoxy) is 1. The predicted octanol–water partition coefficient (Wildman–Crippen LogP) is 1.56. The Bertz CT molecular complexity index is 746. The largest absolute Gasteiger partial charge is 0.493 e. The van der Waals surface area contributed by atoms with Crippen molar-refractivity contribution in [3.8, 4) is 5.75 Å². The third-order valence-corrected chi connectivity index (χ3v) is 5.01. The van der Waals surface area contributed by atoms with E-state index in [-0.39, 0.29) is 17.7 Å². The summed E-state index contributed by atoms with van der Waals surface area (Å²) in [6, 6.07) is 7.74. The summed E-state index contributed by atoms with van der Waals surface area (Å²) in [4.78, 5) is 12.0. The number of hydrogen-bond donors (Lipinski definition) is 2. The third kappa shape index (κ3) is 4.40. The first-order valence-corrected chi connectivity index (χ1v) is 9.01. The number of rotatable bonds is 7. The first-order chi connectivity index (χ1) is 12.5. The Morgan fingerprint density at radius 2 is 2.19 bits per heavy atom. The molecule has 7 nitrogen and oxygen atoms in total. The molecule has 1 heterocycles. The maximum absolute atomic E-state index is 12.0. The van der Waals surface area contributed by atoms with Gasteiger partial charge in [-0.1, -0.05) is 18.2 Å².